The highest BCUT2D eigenvalue weighted by atomic mass is 16.2. The quantitative estimate of drug-likeness (QED) is 0.510. The first-order valence-electron chi connectivity index (χ1n) is 9.39. The van der Waals surface area contributed by atoms with Crippen molar-refractivity contribution in [3.63, 3.8) is 0 Å². The summed E-state index contributed by atoms with van der Waals surface area (Å²) >= 11 is 0. The fourth-order valence-electron chi connectivity index (χ4n) is 2.80. The van der Waals surface area contributed by atoms with E-state index >= 15 is 0 Å². The van der Waals surface area contributed by atoms with Gasteiger partial charge in [0.1, 0.15) is 6.04 Å². The molecule has 0 aliphatic rings. The molecule has 0 spiro atoms. The zero-order valence-corrected chi connectivity index (χ0v) is 16.6. The Balaban J connectivity index is 3.14. The van der Waals surface area contributed by atoms with Gasteiger partial charge < -0.3 is 10.2 Å². The molecular weight excluding hydrogens is 326 g/mol. The monoisotopic (exact) mass is 359 g/mol. The van der Waals surface area contributed by atoms with Crippen LogP contribution in [-0.4, -0.2) is 40.8 Å². The smallest absolute Gasteiger partial charge is 0.254 e. The molecule has 0 saturated heterocycles. The molecule has 2 amide bonds. The van der Waals surface area contributed by atoms with E-state index in [2.05, 4.69) is 44.6 Å². The molecule has 0 bridgehead atoms. The molecule has 0 fully saturated rings. The fourth-order valence-corrected chi connectivity index (χ4v) is 2.80. The second-order valence-electron chi connectivity index (χ2n) is 7.78. The van der Waals surface area contributed by atoms with Crippen LogP contribution < -0.4 is 5.32 Å². The minimum atomic E-state index is -0.485. The van der Waals surface area contributed by atoms with Gasteiger partial charge in [-0.25, -0.2) is 0 Å². The van der Waals surface area contributed by atoms with Crippen LogP contribution in [0.3, 0.4) is 0 Å². The number of rotatable bonds is 10. The first kappa shape index (κ1) is 21.9. The SMILES string of the molecule is C=CCNC(=O)C(CCCCC)N(CC(C)(C)C)C(=O)c1ccncc1. The van der Waals surface area contributed by atoms with Crippen LogP contribution in [-0.2, 0) is 4.79 Å². The summed E-state index contributed by atoms with van der Waals surface area (Å²) in [5.74, 6) is -0.245. The van der Waals surface area contributed by atoms with Crippen LogP contribution in [0, 0.1) is 5.41 Å². The van der Waals surface area contributed by atoms with Crippen molar-refractivity contribution in [1.82, 2.24) is 15.2 Å². The number of unbranched alkanes of at least 4 members (excludes halogenated alkanes) is 2. The van der Waals surface area contributed by atoms with E-state index in [4.69, 9.17) is 0 Å². The van der Waals surface area contributed by atoms with Crippen LogP contribution >= 0.6 is 0 Å². The van der Waals surface area contributed by atoms with Crippen molar-refractivity contribution in [1.29, 1.82) is 0 Å². The third kappa shape index (κ3) is 7.38. The van der Waals surface area contributed by atoms with E-state index in [9.17, 15) is 9.59 Å². The fraction of sp³-hybridized carbons (Fsp3) is 0.571. The number of carbonyl (C=O) groups excluding carboxylic acids is 2. The van der Waals surface area contributed by atoms with Gasteiger partial charge in [0.25, 0.3) is 5.91 Å². The molecule has 1 aromatic rings. The van der Waals surface area contributed by atoms with Crippen molar-refractivity contribution in [2.45, 2.75) is 59.4 Å². The van der Waals surface area contributed by atoms with Crippen LogP contribution in [0.5, 0.6) is 0 Å². The number of amides is 2. The van der Waals surface area contributed by atoms with E-state index in [-0.39, 0.29) is 17.2 Å². The Hall–Kier alpha value is -2.17. The predicted molar refractivity (Wildman–Crippen MR) is 106 cm³/mol. The standard InChI is InChI=1S/C21H33N3O2/c1-6-8-9-10-18(19(25)23-13-7-2)24(16-21(3,4)5)20(26)17-11-14-22-15-12-17/h7,11-12,14-15,18H,2,6,8-10,13,16H2,1,3-5H3,(H,23,25). The molecule has 0 radical (unpaired) electrons. The van der Waals surface area contributed by atoms with Crippen molar-refractivity contribution in [2.24, 2.45) is 5.41 Å². The Labute approximate surface area is 157 Å². The van der Waals surface area contributed by atoms with Gasteiger partial charge in [0.2, 0.25) is 5.91 Å². The molecule has 1 unspecified atom stereocenters. The van der Waals surface area contributed by atoms with Crippen LogP contribution in [0.4, 0.5) is 0 Å². The number of hydrogen-bond donors (Lipinski definition) is 1. The molecule has 1 aromatic heterocycles. The van der Waals surface area contributed by atoms with Gasteiger partial charge in [0.15, 0.2) is 0 Å². The average Bonchev–Trinajstić information content (AvgIpc) is 2.61. The Morgan fingerprint density at radius 1 is 1.27 bits per heavy atom. The topological polar surface area (TPSA) is 62.3 Å². The van der Waals surface area contributed by atoms with E-state index in [0.717, 1.165) is 19.3 Å². The van der Waals surface area contributed by atoms with Crippen molar-refractivity contribution in [3.05, 3.63) is 42.7 Å². The van der Waals surface area contributed by atoms with Crippen LogP contribution in [0.25, 0.3) is 0 Å². The van der Waals surface area contributed by atoms with Gasteiger partial charge in [0, 0.05) is 31.0 Å². The number of nitrogens with zero attached hydrogens (tertiary/aromatic N) is 2. The van der Waals surface area contributed by atoms with Crippen molar-refractivity contribution < 1.29 is 9.59 Å². The number of hydrogen-bond acceptors (Lipinski definition) is 3. The van der Waals surface area contributed by atoms with Gasteiger partial charge >= 0.3 is 0 Å². The Morgan fingerprint density at radius 2 is 1.92 bits per heavy atom. The highest BCUT2D eigenvalue weighted by Crippen LogP contribution is 2.22. The molecule has 1 atom stereocenters. The molecule has 0 aliphatic carbocycles. The molecule has 1 heterocycles. The molecule has 5 heteroatoms. The number of carbonyl (C=O) groups is 2. The van der Waals surface area contributed by atoms with Crippen LogP contribution in [0.2, 0.25) is 0 Å². The molecule has 144 valence electrons. The number of pyridine rings is 1. The maximum atomic E-state index is 13.2. The molecule has 0 saturated carbocycles. The highest BCUT2D eigenvalue weighted by Gasteiger charge is 2.32. The first-order valence-corrected chi connectivity index (χ1v) is 9.39. The Kier molecular flexibility index (Phi) is 9.03. The lowest BCUT2D eigenvalue weighted by Gasteiger charge is -2.36. The zero-order valence-electron chi connectivity index (χ0n) is 16.6. The second kappa shape index (κ2) is 10.7. The van der Waals surface area contributed by atoms with E-state index in [1.165, 1.54) is 0 Å². The number of aromatic nitrogens is 1. The summed E-state index contributed by atoms with van der Waals surface area (Å²) in [6.45, 7) is 12.9. The van der Waals surface area contributed by atoms with Gasteiger partial charge in [0.05, 0.1) is 0 Å². The largest absolute Gasteiger partial charge is 0.351 e. The summed E-state index contributed by atoms with van der Waals surface area (Å²) in [4.78, 5) is 31.7. The van der Waals surface area contributed by atoms with Gasteiger partial charge in [-0.1, -0.05) is 53.0 Å². The third-order valence-corrected chi connectivity index (χ3v) is 4.01. The molecular formula is C21H33N3O2. The van der Waals surface area contributed by atoms with E-state index in [0.29, 0.717) is 25.1 Å². The molecule has 1 rings (SSSR count). The first-order chi connectivity index (χ1) is 12.3. The van der Waals surface area contributed by atoms with Crippen molar-refractivity contribution in [3.8, 4) is 0 Å². The highest BCUT2D eigenvalue weighted by molar-refractivity contribution is 5.97. The summed E-state index contributed by atoms with van der Waals surface area (Å²) in [7, 11) is 0. The lowest BCUT2D eigenvalue weighted by atomic mass is 9.93. The molecule has 0 aliphatic heterocycles. The molecule has 0 aromatic carbocycles. The maximum absolute atomic E-state index is 13.2. The molecule has 5 nitrogen and oxygen atoms in total. The predicted octanol–water partition coefficient (Wildman–Crippen LogP) is 3.82. The summed E-state index contributed by atoms with van der Waals surface area (Å²) in [5.41, 5.74) is 0.436. The van der Waals surface area contributed by atoms with E-state index < -0.39 is 6.04 Å². The summed E-state index contributed by atoms with van der Waals surface area (Å²) in [5, 5.41) is 2.87. The zero-order chi connectivity index (χ0) is 19.6. The Morgan fingerprint density at radius 3 is 2.46 bits per heavy atom. The van der Waals surface area contributed by atoms with Gasteiger partial charge in [-0.05, 0) is 24.0 Å². The van der Waals surface area contributed by atoms with Crippen molar-refractivity contribution >= 4 is 11.8 Å². The summed E-state index contributed by atoms with van der Waals surface area (Å²) in [6.07, 6.45) is 8.53. The number of nitrogens with one attached hydrogen (secondary N) is 1. The second-order valence-corrected chi connectivity index (χ2v) is 7.78. The average molecular weight is 360 g/mol. The van der Waals surface area contributed by atoms with Gasteiger partial charge in [-0.3, -0.25) is 14.6 Å². The molecule has 26 heavy (non-hydrogen) atoms. The molecule has 1 N–H and O–H groups in total. The van der Waals surface area contributed by atoms with Crippen LogP contribution in [0.15, 0.2) is 37.2 Å². The Bertz CT molecular complexity index is 579. The van der Waals surface area contributed by atoms with Crippen molar-refractivity contribution in [2.75, 3.05) is 13.1 Å². The lowest BCUT2D eigenvalue weighted by Crippen LogP contribution is -2.52. The summed E-state index contributed by atoms with van der Waals surface area (Å²) < 4.78 is 0. The van der Waals surface area contributed by atoms with Gasteiger partial charge in [-0.15, -0.1) is 6.58 Å². The van der Waals surface area contributed by atoms with E-state index in [1.807, 2.05) is 0 Å². The lowest BCUT2D eigenvalue weighted by molar-refractivity contribution is -0.126. The summed E-state index contributed by atoms with van der Waals surface area (Å²) in [6, 6.07) is 2.91. The van der Waals surface area contributed by atoms with Gasteiger partial charge in [-0.2, -0.15) is 0 Å². The van der Waals surface area contributed by atoms with Crippen LogP contribution in [0.1, 0.15) is 63.7 Å². The normalized spacial score (nSPS) is 12.3. The minimum absolute atomic E-state index is 0.118. The maximum Gasteiger partial charge on any atom is 0.254 e. The minimum Gasteiger partial charge on any atom is -0.351 e. The van der Waals surface area contributed by atoms with E-state index in [1.54, 1.807) is 35.5 Å². The third-order valence-electron chi connectivity index (χ3n) is 4.01.